The van der Waals surface area contributed by atoms with E-state index < -0.39 is 0 Å². The Hall–Kier alpha value is -0.960. The van der Waals surface area contributed by atoms with Gasteiger partial charge in [-0.25, -0.2) is 4.68 Å². The second-order valence-corrected chi connectivity index (χ2v) is 4.87. The summed E-state index contributed by atoms with van der Waals surface area (Å²) in [6.45, 7) is 2.35. The Balaban J connectivity index is 2.00. The summed E-state index contributed by atoms with van der Waals surface area (Å²) in [6.07, 6.45) is 1.52. The fourth-order valence-electron chi connectivity index (χ4n) is 1.72. The number of ether oxygens (including phenoxy) is 2. The SMILES string of the molecule is O=c1c(Br)c(NCC2COCCO2)cnn1CCO. The molecular weight excluding hydrogens is 318 g/mol. The molecule has 1 aliphatic rings. The Kier molecular flexibility index (Phi) is 5.32. The molecule has 0 amide bonds. The van der Waals surface area contributed by atoms with Gasteiger partial charge < -0.3 is 19.9 Å². The third-order valence-corrected chi connectivity index (χ3v) is 3.47. The van der Waals surface area contributed by atoms with Gasteiger partial charge in [-0.2, -0.15) is 5.10 Å². The molecule has 0 aliphatic carbocycles. The van der Waals surface area contributed by atoms with E-state index in [4.69, 9.17) is 14.6 Å². The maximum Gasteiger partial charge on any atom is 0.283 e. The molecule has 1 saturated heterocycles. The van der Waals surface area contributed by atoms with Crippen LogP contribution >= 0.6 is 15.9 Å². The highest BCUT2D eigenvalue weighted by atomic mass is 79.9. The fourth-order valence-corrected chi connectivity index (χ4v) is 2.17. The zero-order valence-electron chi connectivity index (χ0n) is 10.3. The van der Waals surface area contributed by atoms with Gasteiger partial charge in [-0.1, -0.05) is 0 Å². The average Bonchev–Trinajstić information content (AvgIpc) is 2.44. The van der Waals surface area contributed by atoms with Crippen LogP contribution in [0.5, 0.6) is 0 Å². The Morgan fingerprint density at radius 2 is 2.42 bits per heavy atom. The number of hydrogen-bond donors (Lipinski definition) is 2. The quantitative estimate of drug-likeness (QED) is 0.777. The van der Waals surface area contributed by atoms with E-state index in [9.17, 15) is 4.79 Å². The van der Waals surface area contributed by atoms with E-state index in [1.54, 1.807) is 6.20 Å². The van der Waals surface area contributed by atoms with E-state index in [0.717, 1.165) is 0 Å². The van der Waals surface area contributed by atoms with E-state index in [0.29, 0.717) is 36.5 Å². The predicted molar refractivity (Wildman–Crippen MR) is 72.3 cm³/mol. The largest absolute Gasteiger partial charge is 0.394 e. The van der Waals surface area contributed by atoms with E-state index in [1.807, 2.05) is 0 Å². The van der Waals surface area contributed by atoms with E-state index in [1.165, 1.54) is 4.68 Å². The third-order valence-electron chi connectivity index (χ3n) is 2.70. The molecule has 1 fully saturated rings. The lowest BCUT2D eigenvalue weighted by Gasteiger charge is -2.23. The number of hydrogen-bond acceptors (Lipinski definition) is 6. The van der Waals surface area contributed by atoms with Crippen molar-refractivity contribution < 1.29 is 14.6 Å². The molecule has 7 nitrogen and oxygen atoms in total. The van der Waals surface area contributed by atoms with Crippen LogP contribution in [-0.2, 0) is 16.0 Å². The second kappa shape index (κ2) is 6.99. The Morgan fingerprint density at radius 1 is 1.58 bits per heavy atom. The molecule has 1 aromatic rings. The van der Waals surface area contributed by atoms with Crippen molar-refractivity contribution in [3.8, 4) is 0 Å². The molecule has 1 aromatic heterocycles. The minimum Gasteiger partial charge on any atom is -0.394 e. The van der Waals surface area contributed by atoms with Gasteiger partial charge >= 0.3 is 0 Å². The molecule has 1 unspecified atom stereocenters. The molecule has 0 aromatic carbocycles. The molecule has 2 N–H and O–H groups in total. The van der Waals surface area contributed by atoms with Gasteiger partial charge in [0.15, 0.2) is 0 Å². The van der Waals surface area contributed by atoms with Crippen LogP contribution in [0.4, 0.5) is 5.69 Å². The zero-order valence-corrected chi connectivity index (χ0v) is 11.9. The number of anilines is 1. The summed E-state index contributed by atoms with van der Waals surface area (Å²) in [4.78, 5) is 11.9. The molecule has 19 heavy (non-hydrogen) atoms. The van der Waals surface area contributed by atoms with E-state index in [2.05, 4.69) is 26.3 Å². The van der Waals surface area contributed by atoms with Crippen molar-refractivity contribution in [1.82, 2.24) is 9.78 Å². The number of nitrogens with zero attached hydrogens (tertiary/aromatic N) is 2. The highest BCUT2D eigenvalue weighted by Crippen LogP contribution is 2.16. The molecule has 2 heterocycles. The Labute approximate surface area is 118 Å². The van der Waals surface area contributed by atoms with Gasteiger partial charge in [0.05, 0.1) is 51.0 Å². The van der Waals surface area contributed by atoms with Crippen molar-refractivity contribution in [2.75, 3.05) is 38.3 Å². The first-order valence-corrected chi connectivity index (χ1v) is 6.81. The first kappa shape index (κ1) is 14.4. The van der Waals surface area contributed by atoms with Crippen molar-refractivity contribution in [1.29, 1.82) is 0 Å². The van der Waals surface area contributed by atoms with Gasteiger partial charge in [0.2, 0.25) is 0 Å². The lowest BCUT2D eigenvalue weighted by atomic mass is 10.3. The van der Waals surface area contributed by atoms with Crippen molar-refractivity contribution in [3.05, 3.63) is 21.0 Å². The lowest BCUT2D eigenvalue weighted by molar-refractivity contribution is -0.0818. The van der Waals surface area contributed by atoms with Crippen molar-refractivity contribution in [2.45, 2.75) is 12.6 Å². The maximum atomic E-state index is 11.9. The molecule has 0 bridgehead atoms. The number of rotatable bonds is 5. The average molecular weight is 334 g/mol. The molecule has 8 heteroatoms. The van der Waals surface area contributed by atoms with Crippen LogP contribution in [0.15, 0.2) is 15.5 Å². The van der Waals surface area contributed by atoms with Crippen molar-refractivity contribution in [2.24, 2.45) is 0 Å². The normalized spacial score (nSPS) is 19.4. The molecule has 0 radical (unpaired) electrons. The van der Waals surface area contributed by atoms with E-state index in [-0.39, 0.29) is 24.8 Å². The minimum atomic E-state index is -0.278. The summed E-state index contributed by atoms with van der Waals surface area (Å²) in [6, 6.07) is 0. The maximum absolute atomic E-state index is 11.9. The number of halogens is 1. The number of nitrogens with one attached hydrogen (secondary N) is 1. The topological polar surface area (TPSA) is 85.6 Å². The zero-order chi connectivity index (χ0) is 13.7. The van der Waals surface area contributed by atoms with Crippen LogP contribution in [0.25, 0.3) is 0 Å². The van der Waals surface area contributed by atoms with Gasteiger partial charge in [-0.15, -0.1) is 0 Å². The Bertz CT molecular complexity index is 473. The molecule has 1 aliphatic heterocycles. The van der Waals surface area contributed by atoms with Crippen LogP contribution < -0.4 is 10.9 Å². The summed E-state index contributed by atoms with van der Waals surface area (Å²) in [7, 11) is 0. The summed E-state index contributed by atoms with van der Waals surface area (Å²) in [5, 5.41) is 15.9. The van der Waals surface area contributed by atoms with Crippen LogP contribution in [0.2, 0.25) is 0 Å². The smallest absolute Gasteiger partial charge is 0.283 e. The predicted octanol–water partition coefficient (Wildman–Crippen LogP) is -0.175. The van der Waals surface area contributed by atoms with Gasteiger partial charge in [0, 0.05) is 6.54 Å². The van der Waals surface area contributed by atoms with Gasteiger partial charge in [0.25, 0.3) is 5.56 Å². The molecular formula is C11H16BrN3O4. The molecule has 2 rings (SSSR count). The molecule has 0 spiro atoms. The number of aromatic nitrogens is 2. The lowest BCUT2D eigenvalue weighted by Crippen LogP contribution is -2.35. The van der Waals surface area contributed by atoms with Gasteiger partial charge in [-0.3, -0.25) is 4.79 Å². The summed E-state index contributed by atoms with van der Waals surface area (Å²) >= 11 is 3.24. The third kappa shape index (κ3) is 3.75. The van der Waals surface area contributed by atoms with Crippen LogP contribution in [0.1, 0.15) is 0 Å². The monoisotopic (exact) mass is 333 g/mol. The summed E-state index contributed by atoms with van der Waals surface area (Å²) < 4.78 is 12.4. The number of aliphatic hydroxyl groups is 1. The van der Waals surface area contributed by atoms with Gasteiger partial charge in [-0.05, 0) is 15.9 Å². The first-order valence-electron chi connectivity index (χ1n) is 6.02. The number of aliphatic hydroxyl groups excluding tert-OH is 1. The minimum absolute atomic E-state index is 0.0273. The Morgan fingerprint density at radius 3 is 3.11 bits per heavy atom. The highest BCUT2D eigenvalue weighted by Gasteiger charge is 2.15. The van der Waals surface area contributed by atoms with Crippen LogP contribution in [-0.4, -0.2) is 54.0 Å². The van der Waals surface area contributed by atoms with Crippen molar-refractivity contribution in [3.63, 3.8) is 0 Å². The fraction of sp³-hybridized carbons (Fsp3) is 0.636. The van der Waals surface area contributed by atoms with Crippen LogP contribution in [0.3, 0.4) is 0 Å². The highest BCUT2D eigenvalue weighted by molar-refractivity contribution is 9.10. The van der Waals surface area contributed by atoms with Crippen molar-refractivity contribution >= 4 is 21.6 Å². The van der Waals surface area contributed by atoms with E-state index >= 15 is 0 Å². The summed E-state index contributed by atoms with van der Waals surface area (Å²) in [5.74, 6) is 0. The standard InChI is InChI=1S/C11H16BrN3O4/c12-10-9(6-14-15(1-2-16)11(10)17)13-5-8-7-18-3-4-19-8/h6,8,13,16H,1-5,7H2. The summed E-state index contributed by atoms with van der Waals surface area (Å²) in [5.41, 5.74) is 0.327. The second-order valence-electron chi connectivity index (χ2n) is 4.07. The van der Waals surface area contributed by atoms with Crippen LogP contribution in [0, 0.1) is 0 Å². The molecule has 106 valence electrons. The first-order chi connectivity index (χ1) is 9.22. The molecule has 1 atom stereocenters. The van der Waals surface area contributed by atoms with Gasteiger partial charge in [0.1, 0.15) is 4.47 Å². The molecule has 0 saturated carbocycles.